The Morgan fingerprint density at radius 1 is 0.900 bits per heavy atom. The molecule has 0 aliphatic heterocycles. The molecule has 1 aromatic heterocycles. The number of nitrogens with zero attached hydrogens (tertiary/aromatic N) is 1. The molecule has 3 aromatic rings. The van der Waals surface area contributed by atoms with Crippen LogP contribution in [0.25, 0.3) is 11.0 Å². The largest absolute Gasteiger partial charge is 0.342 e. The molecular weight excluding hydrogens is 244 g/mol. The number of hydrogen-bond acceptors (Lipinski definition) is 1. The van der Waals surface area contributed by atoms with Crippen molar-refractivity contribution in [3.05, 3.63) is 64.5 Å². The second kappa shape index (κ2) is 5.12. The Kier molecular flexibility index (Phi) is 3.31. The summed E-state index contributed by atoms with van der Waals surface area (Å²) in [5.41, 5.74) is 7.59. The van der Waals surface area contributed by atoms with E-state index in [9.17, 15) is 0 Å². The van der Waals surface area contributed by atoms with Crippen LogP contribution >= 0.6 is 0 Å². The van der Waals surface area contributed by atoms with Crippen LogP contribution in [-0.2, 0) is 12.8 Å². The van der Waals surface area contributed by atoms with Gasteiger partial charge in [0, 0.05) is 6.42 Å². The Labute approximate surface area is 119 Å². The summed E-state index contributed by atoms with van der Waals surface area (Å²) in [6, 6.07) is 12.9. The summed E-state index contributed by atoms with van der Waals surface area (Å²) < 4.78 is 0. The number of rotatable bonds is 3. The zero-order valence-electron chi connectivity index (χ0n) is 12.3. The van der Waals surface area contributed by atoms with Crippen LogP contribution in [0.2, 0.25) is 0 Å². The minimum absolute atomic E-state index is 0.956. The summed E-state index contributed by atoms with van der Waals surface area (Å²) in [5, 5.41) is 0. The monoisotopic (exact) mass is 264 g/mol. The zero-order valence-corrected chi connectivity index (χ0v) is 12.3. The lowest BCUT2D eigenvalue weighted by Gasteiger charge is -2.03. The smallest absolute Gasteiger partial charge is 0.107 e. The van der Waals surface area contributed by atoms with Crippen molar-refractivity contribution in [3.63, 3.8) is 0 Å². The van der Waals surface area contributed by atoms with Crippen LogP contribution in [0.4, 0.5) is 0 Å². The first-order valence-electron chi connectivity index (χ1n) is 7.14. The first-order chi connectivity index (χ1) is 9.63. The van der Waals surface area contributed by atoms with E-state index in [1.165, 1.54) is 22.3 Å². The maximum Gasteiger partial charge on any atom is 0.107 e. The Bertz CT molecular complexity index is 714. The Balaban J connectivity index is 1.83. The standard InChI is InChI=1S/C18H20N2/c1-12-6-4-5-7-15(12)8-9-18-19-16-10-13(2)14(3)11-17(16)20-18/h4-7,10-11H,8-9H2,1-3H3,(H,19,20). The van der Waals surface area contributed by atoms with Crippen LogP contribution < -0.4 is 0 Å². The average Bonchev–Trinajstić information content (AvgIpc) is 2.80. The fraction of sp³-hybridized carbons (Fsp3) is 0.278. The first-order valence-corrected chi connectivity index (χ1v) is 7.14. The third kappa shape index (κ3) is 2.46. The van der Waals surface area contributed by atoms with Crippen LogP contribution in [-0.4, -0.2) is 9.97 Å². The van der Waals surface area contributed by atoms with Crippen molar-refractivity contribution in [2.75, 3.05) is 0 Å². The molecule has 0 fully saturated rings. The van der Waals surface area contributed by atoms with Gasteiger partial charge >= 0.3 is 0 Å². The van der Waals surface area contributed by atoms with Gasteiger partial charge < -0.3 is 4.98 Å². The van der Waals surface area contributed by atoms with E-state index in [0.29, 0.717) is 0 Å². The summed E-state index contributed by atoms with van der Waals surface area (Å²) in [6.07, 6.45) is 1.99. The molecule has 0 amide bonds. The van der Waals surface area contributed by atoms with Gasteiger partial charge in [0.05, 0.1) is 11.0 Å². The van der Waals surface area contributed by atoms with Crippen molar-refractivity contribution < 1.29 is 0 Å². The van der Waals surface area contributed by atoms with E-state index in [2.05, 4.69) is 62.2 Å². The Morgan fingerprint density at radius 2 is 1.65 bits per heavy atom. The van der Waals surface area contributed by atoms with E-state index in [1.54, 1.807) is 0 Å². The molecule has 2 heteroatoms. The minimum atomic E-state index is 0.956. The normalized spacial score (nSPS) is 11.2. The zero-order chi connectivity index (χ0) is 14.1. The molecule has 0 radical (unpaired) electrons. The van der Waals surface area contributed by atoms with Gasteiger partial charge in [-0.25, -0.2) is 4.98 Å². The second-order valence-electron chi connectivity index (χ2n) is 5.56. The van der Waals surface area contributed by atoms with E-state index >= 15 is 0 Å². The fourth-order valence-corrected chi connectivity index (χ4v) is 2.58. The molecule has 0 aliphatic rings. The van der Waals surface area contributed by atoms with Crippen molar-refractivity contribution in [2.24, 2.45) is 0 Å². The highest BCUT2D eigenvalue weighted by Crippen LogP contribution is 2.18. The molecule has 20 heavy (non-hydrogen) atoms. The number of benzene rings is 2. The van der Waals surface area contributed by atoms with Gasteiger partial charge in [0.1, 0.15) is 5.82 Å². The summed E-state index contributed by atoms with van der Waals surface area (Å²) in [4.78, 5) is 8.15. The molecule has 1 heterocycles. The van der Waals surface area contributed by atoms with E-state index < -0.39 is 0 Å². The van der Waals surface area contributed by atoms with E-state index in [-0.39, 0.29) is 0 Å². The molecule has 2 nitrogen and oxygen atoms in total. The SMILES string of the molecule is Cc1cc2nc(CCc3ccccc3C)[nH]c2cc1C. The highest BCUT2D eigenvalue weighted by atomic mass is 14.9. The molecule has 0 saturated heterocycles. The van der Waals surface area contributed by atoms with Crippen LogP contribution in [0.1, 0.15) is 28.1 Å². The number of aromatic amines is 1. The number of nitrogens with one attached hydrogen (secondary N) is 1. The molecule has 0 unspecified atom stereocenters. The van der Waals surface area contributed by atoms with Crippen LogP contribution in [0.5, 0.6) is 0 Å². The molecule has 0 spiro atoms. The lowest BCUT2D eigenvalue weighted by atomic mass is 10.0. The number of imidazole rings is 1. The van der Waals surface area contributed by atoms with Crippen LogP contribution in [0.15, 0.2) is 36.4 Å². The van der Waals surface area contributed by atoms with Crippen LogP contribution in [0, 0.1) is 20.8 Å². The number of H-pyrrole nitrogens is 1. The predicted molar refractivity (Wildman–Crippen MR) is 84.2 cm³/mol. The van der Waals surface area contributed by atoms with E-state index in [0.717, 1.165) is 29.7 Å². The molecule has 3 rings (SSSR count). The Morgan fingerprint density at radius 3 is 2.45 bits per heavy atom. The van der Waals surface area contributed by atoms with Crippen molar-refractivity contribution in [1.29, 1.82) is 0 Å². The molecule has 1 N–H and O–H groups in total. The first kappa shape index (κ1) is 12.9. The summed E-state index contributed by atoms with van der Waals surface area (Å²) in [7, 11) is 0. The second-order valence-corrected chi connectivity index (χ2v) is 5.56. The summed E-state index contributed by atoms with van der Waals surface area (Å²) in [6.45, 7) is 6.44. The van der Waals surface area contributed by atoms with Crippen LogP contribution in [0.3, 0.4) is 0 Å². The van der Waals surface area contributed by atoms with Crippen molar-refractivity contribution in [1.82, 2.24) is 9.97 Å². The van der Waals surface area contributed by atoms with Gasteiger partial charge in [-0.2, -0.15) is 0 Å². The number of fused-ring (bicyclic) bond motifs is 1. The molecule has 0 saturated carbocycles. The van der Waals surface area contributed by atoms with Crippen molar-refractivity contribution >= 4 is 11.0 Å². The van der Waals surface area contributed by atoms with Gasteiger partial charge in [-0.1, -0.05) is 24.3 Å². The third-order valence-electron chi connectivity index (χ3n) is 4.04. The molecule has 2 aromatic carbocycles. The average molecular weight is 264 g/mol. The maximum absolute atomic E-state index is 4.70. The number of hydrogen-bond donors (Lipinski definition) is 1. The van der Waals surface area contributed by atoms with Gasteiger partial charge in [-0.3, -0.25) is 0 Å². The van der Waals surface area contributed by atoms with E-state index in [1.807, 2.05) is 0 Å². The molecule has 0 atom stereocenters. The molecule has 102 valence electrons. The van der Waals surface area contributed by atoms with Gasteiger partial charge in [0.15, 0.2) is 0 Å². The molecule has 0 bridgehead atoms. The molecule has 0 aliphatic carbocycles. The minimum Gasteiger partial charge on any atom is -0.342 e. The quantitative estimate of drug-likeness (QED) is 0.751. The van der Waals surface area contributed by atoms with Gasteiger partial charge in [0.25, 0.3) is 0 Å². The lowest BCUT2D eigenvalue weighted by Crippen LogP contribution is -1.95. The van der Waals surface area contributed by atoms with E-state index in [4.69, 9.17) is 4.98 Å². The highest BCUT2D eigenvalue weighted by molar-refractivity contribution is 5.77. The van der Waals surface area contributed by atoms with Gasteiger partial charge in [0.2, 0.25) is 0 Å². The highest BCUT2D eigenvalue weighted by Gasteiger charge is 2.06. The van der Waals surface area contributed by atoms with Crippen molar-refractivity contribution in [2.45, 2.75) is 33.6 Å². The van der Waals surface area contributed by atoms with Gasteiger partial charge in [-0.05, 0) is 61.6 Å². The lowest BCUT2D eigenvalue weighted by molar-refractivity contribution is 0.884. The molecular formula is C18H20N2. The number of aromatic nitrogens is 2. The summed E-state index contributed by atoms with van der Waals surface area (Å²) in [5.74, 6) is 1.08. The third-order valence-corrected chi connectivity index (χ3v) is 4.04. The predicted octanol–water partition coefficient (Wildman–Crippen LogP) is 4.27. The van der Waals surface area contributed by atoms with Crippen molar-refractivity contribution in [3.8, 4) is 0 Å². The fourth-order valence-electron chi connectivity index (χ4n) is 2.58. The Hall–Kier alpha value is -2.09. The summed E-state index contributed by atoms with van der Waals surface area (Å²) >= 11 is 0. The number of aryl methyl sites for hydroxylation is 5. The maximum atomic E-state index is 4.70. The topological polar surface area (TPSA) is 28.7 Å². The van der Waals surface area contributed by atoms with Gasteiger partial charge in [-0.15, -0.1) is 0 Å².